The highest BCUT2D eigenvalue weighted by Crippen LogP contribution is 2.17. The minimum Gasteiger partial charge on any atom is -0.479 e. The maximum atomic E-state index is 13.2. The minimum atomic E-state index is -1.91. The number of benzene rings is 1. The van der Waals surface area contributed by atoms with Crippen molar-refractivity contribution in [3.05, 3.63) is 30.1 Å². The van der Waals surface area contributed by atoms with Gasteiger partial charge >= 0.3 is 5.97 Å². The Morgan fingerprint density at radius 3 is 2.88 bits per heavy atom. The standard InChI is InChI=1S/C12H13FN2O2/c1-2-15-10-6-4-3-5-9(10)14-11(15)7-8(13)12(16)17/h3-6,8H,2,7H2,1H3,(H,16,17). The molecule has 2 aromatic rings. The zero-order chi connectivity index (χ0) is 12.4. The van der Waals surface area contributed by atoms with Crippen molar-refractivity contribution < 1.29 is 14.3 Å². The molecule has 0 radical (unpaired) electrons. The van der Waals surface area contributed by atoms with Crippen LogP contribution in [0.5, 0.6) is 0 Å². The van der Waals surface area contributed by atoms with Crippen LogP contribution in [0.2, 0.25) is 0 Å². The van der Waals surface area contributed by atoms with Gasteiger partial charge < -0.3 is 9.67 Å². The van der Waals surface area contributed by atoms with Gasteiger partial charge in [-0.1, -0.05) is 12.1 Å². The summed E-state index contributed by atoms with van der Waals surface area (Å²) in [4.78, 5) is 14.8. The zero-order valence-electron chi connectivity index (χ0n) is 9.43. The lowest BCUT2D eigenvalue weighted by molar-refractivity contribution is -0.142. The molecule has 1 heterocycles. The van der Waals surface area contributed by atoms with Gasteiger partial charge in [0.05, 0.1) is 11.0 Å². The fourth-order valence-electron chi connectivity index (χ4n) is 1.88. The molecule has 1 N–H and O–H groups in total. The lowest BCUT2D eigenvalue weighted by atomic mass is 10.2. The van der Waals surface area contributed by atoms with E-state index in [9.17, 15) is 9.18 Å². The van der Waals surface area contributed by atoms with Gasteiger partial charge in [-0.15, -0.1) is 0 Å². The number of nitrogens with zero attached hydrogens (tertiary/aromatic N) is 2. The van der Waals surface area contributed by atoms with Crippen molar-refractivity contribution in [3.63, 3.8) is 0 Å². The van der Waals surface area contributed by atoms with E-state index >= 15 is 0 Å². The van der Waals surface area contributed by atoms with Gasteiger partial charge in [-0.05, 0) is 19.1 Å². The fraction of sp³-hybridized carbons (Fsp3) is 0.333. The molecule has 0 bridgehead atoms. The molecule has 1 atom stereocenters. The van der Waals surface area contributed by atoms with E-state index in [0.717, 1.165) is 11.0 Å². The maximum absolute atomic E-state index is 13.2. The van der Waals surface area contributed by atoms with E-state index in [1.54, 1.807) is 0 Å². The summed E-state index contributed by atoms with van der Waals surface area (Å²) in [6.07, 6.45) is -2.10. The molecule has 0 amide bonds. The first-order valence-corrected chi connectivity index (χ1v) is 5.44. The van der Waals surface area contributed by atoms with Crippen LogP contribution in [0.4, 0.5) is 4.39 Å². The van der Waals surface area contributed by atoms with Crippen molar-refractivity contribution in [3.8, 4) is 0 Å². The number of fused-ring (bicyclic) bond motifs is 1. The summed E-state index contributed by atoms with van der Waals surface area (Å²) >= 11 is 0. The summed E-state index contributed by atoms with van der Waals surface area (Å²) in [5, 5.41) is 8.57. The van der Waals surface area contributed by atoms with Crippen molar-refractivity contribution in [1.82, 2.24) is 9.55 Å². The first-order chi connectivity index (χ1) is 8.13. The molecule has 4 nitrogen and oxygen atoms in total. The quantitative estimate of drug-likeness (QED) is 0.883. The van der Waals surface area contributed by atoms with Crippen LogP contribution in [0, 0.1) is 0 Å². The average molecular weight is 236 g/mol. The summed E-state index contributed by atoms with van der Waals surface area (Å²) in [6.45, 7) is 2.56. The molecule has 2 rings (SSSR count). The highest BCUT2D eigenvalue weighted by Gasteiger charge is 2.20. The summed E-state index contributed by atoms with van der Waals surface area (Å²) < 4.78 is 15.0. The SMILES string of the molecule is CCn1c(CC(F)C(=O)O)nc2ccccc21. The smallest absolute Gasteiger partial charge is 0.338 e. The Labute approximate surface area is 97.7 Å². The monoisotopic (exact) mass is 236 g/mol. The van der Waals surface area contributed by atoms with Crippen LogP contribution >= 0.6 is 0 Å². The van der Waals surface area contributed by atoms with Crippen LogP contribution in [0.25, 0.3) is 11.0 Å². The van der Waals surface area contributed by atoms with Crippen LogP contribution in [-0.2, 0) is 17.8 Å². The second-order valence-corrected chi connectivity index (χ2v) is 3.77. The normalized spacial score (nSPS) is 12.8. The summed E-state index contributed by atoms with van der Waals surface area (Å²) in [5.74, 6) is -0.969. The number of para-hydroxylation sites is 2. The van der Waals surface area contributed by atoms with Crippen molar-refractivity contribution >= 4 is 17.0 Å². The fourth-order valence-corrected chi connectivity index (χ4v) is 1.88. The number of aryl methyl sites for hydroxylation is 1. The topological polar surface area (TPSA) is 55.1 Å². The van der Waals surface area contributed by atoms with E-state index < -0.39 is 12.1 Å². The van der Waals surface area contributed by atoms with Crippen LogP contribution in [0.15, 0.2) is 24.3 Å². The van der Waals surface area contributed by atoms with Crippen molar-refractivity contribution in [2.24, 2.45) is 0 Å². The molecule has 0 saturated carbocycles. The number of hydrogen-bond acceptors (Lipinski definition) is 2. The first kappa shape index (κ1) is 11.6. The Bertz CT molecular complexity index is 550. The maximum Gasteiger partial charge on any atom is 0.338 e. The number of rotatable bonds is 4. The summed E-state index contributed by atoms with van der Waals surface area (Å²) in [7, 11) is 0. The van der Waals surface area contributed by atoms with Crippen LogP contribution in [0.1, 0.15) is 12.7 Å². The van der Waals surface area contributed by atoms with Gasteiger partial charge in [-0.25, -0.2) is 14.2 Å². The lowest BCUT2D eigenvalue weighted by Gasteiger charge is -2.06. The van der Waals surface area contributed by atoms with Gasteiger partial charge in [0.1, 0.15) is 5.82 Å². The number of carboxylic acids is 1. The first-order valence-electron chi connectivity index (χ1n) is 5.44. The Kier molecular flexibility index (Phi) is 3.08. The second kappa shape index (κ2) is 4.53. The number of alkyl halides is 1. The predicted octanol–water partition coefficient (Wildman–Crippen LogP) is 2.02. The van der Waals surface area contributed by atoms with Gasteiger partial charge in [0.25, 0.3) is 0 Å². The summed E-state index contributed by atoms with van der Waals surface area (Å²) in [5.41, 5.74) is 1.67. The number of imidazole rings is 1. The molecule has 0 spiro atoms. The molecule has 5 heteroatoms. The van der Waals surface area contributed by atoms with E-state index in [0.29, 0.717) is 12.4 Å². The third kappa shape index (κ3) is 2.13. The van der Waals surface area contributed by atoms with E-state index in [1.807, 2.05) is 35.8 Å². The molecule has 1 unspecified atom stereocenters. The molecule has 0 aliphatic heterocycles. The molecule has 0 aliphatic rings. The van der Waals surface area contributed by atoms with E-state index in [4.69, 9.17) is 5.11 Å². The number of aromatic nitrogens is 2. The highest BCUT2D eigenvalue weighted by atomic mass is 19.1. The van der Waals surface area contributed by atoms with Gasteiger partial charge in [-0.3, -0.25) is 0 Å². The van der Waals surface area contributed by atoms with Crippen molar-refractivity contribution in [1.29, 1.82) is 0 Å². The Hall–Kier alpha value is -1.91. The second-order valence-electron chi connectivity index (χ2n) is 3.77. The van der Waals surface area contributed by atoms with Crippen molar-refractivity contribution in [2.75, 3.05) is 0 Å². The third-order valence-corrected chi connectivity index (χ3v) is 2.68. The molecule has 1 aromatic carbocycles. The number of halogens is 1. The predicted molar refractivity (Wildman–Crippen MR) is 61.6 cm³/mol. The lowest BCUT2D eigenvalue weighted by Crippen LogP contribution is -2.19. The number of carbonyl (C=O) groups is 1. The Morgan fingerprint density at radius 1 is 1.53 bits per heavy atom. The molecular formula is C12H13FN2O2. The van der Waals surface area contributed by atoms with E-state index in [1.165, 1.54) is 0 Å². The minimum absolute atomic E-state index is 0.197. The van der Waals surface area contributed by atoms with Gasteiger partial charge in [0.2, 0.25) is 6.17 Å². The molecule has 1 aromatic heterocycles. The van der Waals surface area contributed by atoms with Gasteiger partial charge in [0.15, 0.2) is 0 Å². The largest absolute Gasteiger partial charge is 0.479 e. The van der Waals surface area contributed by atoms with Crippen molar-refractivity contribution in [2.45, 2.75) is 26.1 Å². The molecule has 0 saturated heterocycles. The number of carboxylic acid groups (broad SMARTS) is 1. The zero-order valence-corrected chi connectivity index (χ0v) is 9.43. The molecular weight excluding hydrogens is 223 g/mol. The molecule has 17 heavy (non-hydrogen) atoms. The third-order valence-electron chi connectivity index (χ3n) is 2.68. The van der Waals surface area contributed by atoms with Gasteiger partial charge in [0, 0.05) is 13.0 Å². The van der Waals surface area contributed by atoms with E-state index in [2.05, 4.69) is 4.98 Å². The Morgan fingerprint density at radius 2 is 2.24 bits per heavy atom. The van der Waals surface area contributed by atoms with Crippen LogP contribution in [-0.4, -0.2) is 26.8 Å². The average Bonchev–Trinajstić information content (AvgIpc) is 2.65. The number of hydrogen-bond donors (Lipinski definition) is 1. The summed E-state index contributed by atoms with van der Waals surface area (Å²) in [6, 6.07) is 7.45. The highest BCUT2D eigenvalue weighted by molar-refractivity contribution is 5.76. The molecule has 0 fully saturated rings. The van der Waals surface area contributed by atoms with Crippen LogP contribution in [0.3, 0.4) is 0 Å². The van der Waals surface area contributed by atoms with Gasteiger partial charge in [-0.2, -0.15) is 0 Å². The van der Waals surface area contributed by atoms with E-state index in [-0.39, 0.29) is 6.42 Å². The number of aliphatic carboxylic acids is 1. The molecule has 90 valence electrons. The Balaban J connectivity index is 2.43. The molecule has 0 aliphatic carbocycles. The van der Waals surface area contributed by atoms with Crippen LogP contribution < -0.4 is 0 Å².